The molecule has 2 amide bonds. The average Bonchev–Trinajstić information content (AvgIpc) is 3.12. The van der Waals surface area contributed by atoms with Crippen LogP contribution in [0.3, 0.4) is 0 Å². The third kappa shape index (κ3) is 3.02. The number of carbonyl (C=O) groups is 2. The van der Waals surface area contributed by atoms with E-state index < -0.39 is 12.0 Å². The van der Waals surface area contributed by atoms with E-state index in [2.05, 4.69) is 5.10 Å². The summed E-state index contributed by atoms with van der Waals surface area (Å²) in [6, 6.07) is 1.18. The number of hydrogen-bond donors (Lipinski definition) is 0. The molecule has 136 valence electrons. The standard InChI is InChI=1S/C17H22F2N4O2/c1-11-8-13(11)15(24)22-9-12-2-5-20-23(12)14(10-22)16(25)21-6-3-17(18,19)4-7-21/h2,5,11,13-14H,3-4,6-10H2,1H3/t11-,13-,14-/m1/s1. The minimum atomic E-state index is -2.69. The van der Waals surface area contributed by atoms with Crippen LogP contribution in [0.25, 0.3) is 0 Å². The molecule has 2 aliphatic heterocycles. The Morgan fingerprint density at radius 1 is 1.20 bits per heavy atom. The van der Waals surface area contributed by atoms with Gasteiger partial charge in [-0.15, -0.1) is 0 Å². The van der Waals surface area contributed by atoms with Gasteiger partial charge in [-0.3, -0.25) is 14.3 Å². The molecule has 0 N–H and O–H groups in total. The lowest BCUT2D eigenvalue weighted by Crippen LogP contribution is -2.51. The number of amides is 2. The Hall–Kier alpha value is -1.99. The van der Waals surface area contributed by atoms with E-state index in [0.717, 1.165) is 12.1 Å². The molecule has 1 aliphatic carbocycles. The van der Waals surface area contributed by atoms with Gasteiger partial charge in [-0.05, 0) is 18.4 Å². The van der Waals surface area contributed by atoms with Crippen LogP contribution in [0.2, 0.25) is 0 Å². The van der Waals surface area contributed by atoms with E-state index in [9.17, 15) is 18.4 Å². The largest absolute Gasteiger partial charge is 0.340 e. The molecular weight excluding hydrogens is 330 g/mol. The molecule has 4 rings (SSSR count). The molecule has 0 bridgehead atoms. The molecule has 2 fully saturated rings. The molecule has 0 unspecified atom stereocenters. The second-order valence-corrected chi connectivity index (χ2v) is 7.50. The Balaban J connectivity index is 1.52. The first-order chi connectivity index (χ1) is 11.9. The Kier molecular flexibility index (Phi) is 3.81. The SMILES string of the molecule is C[C@@H]1C[C@H]1C(=O)N1Cc2ccnn2[C@@H](C(=O)N2CCC(F)(F)CC2)C1. The second-order valence-electron chi connectivity index (χ2n) is 7.50. The van der Waals surface area contributed by atoms with Gasteiger partial charge in [0.2, 0.25) is 11.8 Å². The van der Waals surface area contributed by atoms with Crippen molar-refractivity contribution in [3.05, 3.63) is 18.0 Å². The number of carbonyl (C=O) groups excluding carboxylic acids is 2. The van der Waals surface area contributed by atoms with Crippen LogP contribution in [0.4, 0.5) is 8.78 Å². The second kappa shape index (κ2) is 5.78. The molecule has 0 radical (unpaired) electrons. The first-order valence-corrected chi connectivity index (χ1v) is 8.83. The molecule has 1 aromatic heterocycles. The minimum Gasteiger partial charge on any atom is -0.340 e. The number of piperidine rings is 1. The van der Waals surface area contributed by atoms with Gasteiger partial charge in [-0.25, -0.2) is 8.78 Å². The van der Waals surface area contributed by atoms with Crippen LogP contribution < -0.4 is 0 Å². The first-order valence-electron chi connectivity index (χ1n) is 8.83. The normalized spacial score (nSPS) is 30.8. The van der Waals surface area contributed by atoms with E-state index in [0.29, 0.717) is 12.5 Å². The van der Waals surface area contributed by atoms with Crippen molar-refractivity contribution in [2.75, 3.05) is 19.6 Å². The molecule has 1 aromatic rings. The van der Waals surface area contributed by atoms with Gasteiger partial charge in [0.25, 0.3) is 5.92 Å². The Labute approximate surface area is 144 Å². The predicted molar refractivity (Wildman–Crippen MR) is 84.7 cm³/mol. The Morgan fingerprint density at radius 3 is 2.52 bits per heavy atom. The summed E-state index contributed by atoms with van der Waals surface area (Å²) >= 11 is 0. The zero-order valence-electron chi connectivity index (χ0n) is 14.2. The number of nitrogens with zero attached hydrogens (tertiary/aromatic N) is 4. The quantitative estimate of drug-likeness (QED) is 0.814. The fourth-order valence-corrected chi connectivity index (χ4v) is 3.81. The molecule has 3 aliphatic rings. The Morgan fingerprint density at radius 2 is 1.88 bits per heavy atom. The molecule has 6 nitrogen and oxygen atoms in total. The molecule has 3 atom stereocenters. The van der Waals surface area contributed by atoms with Gasteiger partial charge in [0.05, 0.1) is 18.8 Å². The van der Waals surface area contributed by atoms with Crippen molar-refractivity contribution in [3.63, 3.8) is 0 Å². The minimum absolute atomic E-state index is 0.0482. The summed E-state index contributed by atoms with van der Waals surface area (Å²) in [6.07, 6.45) is 1.90. The first kappa shape index (κ1) is 16.5. The van der Waals surface area contributed by atoms with Crippen molar-refractivity contribution in [2.45, 2.75) is 44.7 Å². The van der Waals surface area contributed by atoms with Gasteiger partial charge < -0.3 is 9.80 Å². The molecule has 0 aromatic carbocycles. The summed E-state index contributed by atoms with van der Waals surface area (Å²) in [4.78, 5) is 28.7. The summed E-state index contributed by atoms with van der Waals surface area (Å²) in [5.74, 6) is -2.37. The lowest BCUT2D eigenvalue weighted by atomic mass is 10.0. The highest BCUT2D eigenvalue weighted by atomic mass is 19.3. The molecule has 1 saturated carbocycles. The van der Waals surface area contributed by atoms with Crippen molar-refractivity contribution in [2.24, 2.45) is 11.8 Å². The highest BCUT2D eigenvalue weighted by Gasteiger charge is 2.45. The number of hydrogen-bond acceptors (Lipinski definition) is 3. The molecule has 25 heavy (non-hydrogen) atoms. The van der Waals surface area contributed by atoms with Gasteiger partial charge in [-0.2, -0.15) is 5.10 Å². The lowest BCUT2D eigenvalue weighted by Gasteiger charge is -2.38. The summed E-state index contributed by atoms with van der Waals surface area (Å²) < 4.78 is 28.4. The highest BCUT2D eigenvalue weighted by Crippen LogP contribution is 2.40. The van der Waals surface area contributed by atoms with Crippen molar-refractivity contribution in [1.29, 1.82) is 0 Å². The zero-order valence-corrected chi connectivity index (χ0v) is 14.2. The maximum Gasteiger partial charge on any atom is 0.251 e. The maximum atomic E-state index is 13.4. The Bertz CT molecular complexity index is 695. The third-order valence-electron chi connectivity index (χ3n) is 5.62. The lowest BCUT2D eigenvalue weighted by molar-refractivity contribution is -0.144. The maximum absolute atomic E-state index is 13.4. The van der Waals surface area contributed by atoms with E-state index in [4.69, 9.17) is 0 Å². The topological polar surface area (TPSA) is 58.4 Å². The van der Waals surface area contributed by atoms with Crippen LogP contribution in [0, 0.1) is 11.8 Å². The fraction of sp³-hybridized carbons (Fsp3) is 0.706. The number of aromatic nitrogens is 2. The van der Waals surface area contributed by atoms with Crippen molar-refractivity contribution >= 4 is 11.8 Å². The van der Waals surface area contributed by atoms with Gasteiger partial charge >= 0.3 is 0 Å². The van der Waals surface area contributed by atoms with Crippen molar-refractivity contribution in [1.82, 2.24) is 19.6 Å². The van der Waals surface area contributed by atoms with Crippen LogP contribution >= 0.6 is 0 Å². The zero-order chi connectivity index (χ0) is 17.8. The summed E-state index contributed by atoms with van der Waals surface area (Å²) in [5, 5.41) is 4.23. The predicted octanol–water partition coefficient (Wildman–Crippen LogP) is 1.68. The van der Waals surface area contributed by atoms with Crippen molar-refractivity contribution < 1.29 is 18.4 Å². The van der Waals surface area contributed by atoms with Crippen LogP contribution in [-0.4, -0.2) is 57.0 Å². The number of alkyl halides is 2. The van der Waals surface area contributed by atoms with Gasteiger partial charge in [0.15, 0.2) is 0 Å². The molecular formula is C17H22F2N4O2. The molecule has 1 saturated heterocycles. The van der Waals surface area contributed by atoms with E-state index in [1.807, 2.05) is 6.92 Å². The van der Waals surface area contributed by atoms with Gasteiger partial charge in [-0.1, -0.05) is 6.92 Å². The van der Waals surface area contributed by atoms with Crippen LogP contribution in [0.1, 0.15) is 37.9 Å². The monoisotopic (exact) mass is 352 g/mol. The van der Waals surface area contributed by atoms with E-state index >= 15 is 0 Å². The summed E-state index contributed by atoms with van der Waals surface area (Å²) in [5.41, 5.74) is 0.814. The van der Waals surface area contributed by atoms with Gasteiger partial charge in [0, 0.05) is 38.0 Å². The van der Waals surface area contributed by atoms with Crippen LogP contribution in [-0.2, 0) is 16.1 Å². The van der Waals surface area contributed by atoms with Gasteiger partial charge in [0.1, 0.15) is 6.04 Å². The number of rotatable bonds is 2. The molecule has 3 heterocycles. The van der Waals surface area contributed by atoms with Crippen LogP contribution in [0.15, 0.2) is 12.3 Å². The fourth-order valence-electron chi connectivity index (χ4n) is 3.81. The van der Waals surface area contributed by atoms with E-state index in [-0.39, 0.29) is 50.2 Å². The average molecular weight is 352 g/mol. The number of halogens is 2. The van der Waals surface area contributed by atoms with E-state index in [1.165, 1.54) is 4.90 Å². The summed E-state index contributed by atoms with van der Waals surface area (Å²) in [6.45, 7) is 2.86. The highest BCUT2D eigenvalue weighted by molar-refractivity contribution is 5.85. The van der Waals surface area contributed by atoms with Crippen LogP contribution in [0.5, 0.6) is 0 Å². The molecule has 0 spiro atoms. The third-order valence-corrected chi connectivity index (χ3v) is 5.62. The smallest absolute Gasteiger partial charge is 0.251 e. The number of likely N-dealkylation sites (tertiary alicyclic amines) is 1. The van der Waals surface area contributed by atoms with E-state index in [1.54, 1.807) is 21.8 Å². The molecule has 8 heteroatoms. The number of fused-ring (bicyclic) bond motifs is 1. The van der Waals surface area contributed by atoms with Crippen molar-refractivity contribution in [3.8, 4) is 0 Å². The summed E-state index contributed by atoms with van der Waals surface area (Å²) in [7, 11) is 0.